The number of amides is 2. The van der Waals surface area contributed by atoms with Crippen molar-refractivity contribution in [2.75, 3.05) is 13.1 Å². The second kappa shape index (κ2) is 7.29. The van der Waals surface area contributed by atoms with Crippen molar-refractivity contribution in [3.05, 3.63) is 29.8 Å². The summed E-state index contributed by atoms with van der Waals surface area (Å²) in [6.45, 7) is 5.50. The van der Waals surface area contributed by atoms with Crippen LogP contribution in [0.15, 0.2) is 29.2 Å². The average Bonchev–Trinajstić information content (AvgIpc) is 2.51. The van der Waals surface area contributed by atoms with Gasteiger partial charge in [-0.05, 0) is 38.1 Å². The molecule has 24 heavy (non-hydrogen) atoms. The third kappa shape index (κ3) is 4.31. The van der Waals surface area contributed by atoms with Crippen molar-refractivity contribution >= 4 is 21.8 Å². The normalized spacial score (nSPS) is 22.0. The predicted octanol–water partition coefficient (Wildman–Crippen LogP) is 0.265. The summed E-state index contributed by atoms with van der Waals surface area (Å²) >= 11 is 0. The van der Waals surface area contributed by atoms with E-state index in [0.717, 1.165) is 0 Å². The van der Waals surface area contributed by atoms with Crippen molar-refractivity contribution < 1.29 is 22.7 Å². The van der Waals surface area contributed by atoms with Gasteiger partial charge in [0.25, 0.3) is 5.91 Å². The van der Waals surface area contributed by atoms with E-state index in [1.54, 1.807) is 0 Å². The minimum Gasteiger partial charge on any atom is -0.373 e. The predicted molar refractivity (Wildman–Crippen MR) is 86.5 cm³/mol. The van der Waals surface area contributed by atoms with Gasteiger partial charge in [-0.15, -0.1) is 0 Å². The number of carbonyl (C=O) groups is 2. The van der Waals surface area contributed by atoms with Gasteiger partial charge >= 0.3 is 0 Å². The summed E-state index contributed by atoms with van der Waals surface area (Å²) in [4.78, 5) is 22.7. The van der Waals surface area contributed by atoms with Gasteiger partial charge in [0.2, 0.25) is 15.9 Å². The standard InChI is InChI=1S/C15H21N3O5S/c1-10-8-18(9-11(2)23-10)24(21,22)14-6-4-13(5-7-14)15(20)17-16-12(3)19/h4-7,10-11H,8-9H2,1-3H3,(H,16,19)(H,17,20)/t10-,11-/m0/s1. The maximum atomic E-state index is 12.7. The molecule has 1 aromatic rings. The van der Waals surface area contributed by atoms with Gasteiger partial charge in [-0.25, -0.2) is 8.42 Å². The summed E-state index contributed by atoms with van der Waals surface area (Å²) in [6, 6.07) is 5.56. The Morgan fingerprint density at radius 1 is 1.08 bits per heavy atom. The lowest BCUT2D eigenvalue weighted by molar-refractivity contribution is -0.119. The van der Waals surface area contributed by atoms with Crippen LogP contribution in [0.1, 0.15) is 31.1 Å². The maximum absolute atomic E-state index is 12.7. The molecule has 1 aliphatic heterocycles. The molecule has 0 radical (unpaired) electrons. The number of hydrogen-bond acceptors (Lipinski definition) is 5. The van der Waals surface area contributed by atoms with Gasteiger partial charge in [-0.1, -0.05) is 0 Å². The van der Waals surface area contributed by atoms with Crippen LogP contribution in [0.4, 0.5) is 0 Å². The molecule has 0 unspecified atom stereocenters. The highest BCUT2D eigenvalue weighted by molar-refractivity contribution is 7.89. The Morgan fingerprint density at radius 2 is 1.62 bits per heavy atom. The molecule has 0 spiro atoms. The Balaban J connectivity index is 2.14. The van der Waals surface area contributed by atoms with Crippen molar-refractivity contribution in [1.29, 1.82) is 0 Å². The summed E-state index contributed by atoms with van der Waals surface area (Å²) in [7, 11) is -3.64. The molecule has 2 N–H and O–H groups in total. The van der Waals surface area contributed by atoms with E-state index in [1.165, 1.54) is 35.5 Å². The zero-order valence-electron chi connectivity index (χ0n) is 13.8. The first kappa shape index (κ1) is 18.4. The van der Waals surface area contributed by atoms with Gasteiger partial charge < -0.3 is 4.74 Å². The molecular weight excluding hydrogens is 334 g/mol. The summed E-state index contributed by atoms with van der Waals surface area (Å²) in [6.07, 6.45) is -0.350. The molecular formula is C15H21N3O5S. The van der Waals surface area contributed by atoms with E-state index in [2.05, 4.69) is 10.9 Å². The van der Waals surface area contributed by atoms with Gasteiger partial charge in [-0.2, -0.15) is 4.31 Å². The minimum atomic E-state index is -3.64. The topological polar surface area (TPSA) is 105 Å². The number of rotatable bonds is 3. The van der Waals surface area contributed by atoms with E-state index < -0.39 is 21.8 Å². The zero-order chi connectivity index (χ0) is 17.9. The molecule has 0 aromatic heterocycles. The van der Waals surface area contributed by atoms with Gasteiger partial charge in [0.05, 0.1) is 17.1 Å². The molecule has 132 valence electrons. The number of benzene rings is 1. The third-order valence-corrected chi connectivity index (χ3v) is 5.34. The fraction of sp³-hybridized carbons (Fsp3) is 0.467. The van der Waals surface area contributed by atoms with Crippen LogP contribution >= 0.6 is 0 Å². The zero-order valence-corrected chi connectivity index (χ0v) is 14.6. The number of sulfonamides is 1. The van der Waals surface area contributed by atoms with Crippen LogP contribution in [0, 0.1) is 0 Å². The lowest BCUT2D eigenvalue weighted by Crippen LogP contribution is -2.48. The van der Waals surface area contributed by atoms with Crippen LogP contribution in [0.5, 0.6) is 0 Å². The monoisotopic (exact) mass is 355 g/mol. The second-order valence-electron chi connectivity index (χ2n) is 5.74. The first-order valence-corrected chi connectivity index (χ1v) is 8.96. The molecule has 0 aliphatic carbocycles. The Hall–Kier alpha value is -1.97. The molecule has 1 aromatic carbocycles. The Bertz CT molecular complexity index is 707. The molecule has 1 heterocycles. The second-order valence-corrected chi connectivity index (χ2v) is 7.68. The molecule has 0 bridgehead atoms. The third-order valence-electron chi connectivity index (χ3n) is 3.49. The molecule has 1 fully saturated rings. The molecule has 2 rings (SSSR count). The number of morpholine rings is 1. The van der Waals surface area contributed by atoms with Crippen LogP contribution in [-0.2, 0) is 19.6 Å². The van der Waals surface area contributed by atoms with Gasteiger partial charge in [0.1, 0.15) is 0 Å². The smallest absolute Gasteiger partial charge is 0.269 e. The number of nitrogens with zero attached hydrogens (tertiary/aromatic N) is 1. The summed E-state index contributed by atoms with van der Waals surface area (Å²) in [5.74, 6) is -0.930. The number of hydrazine groups is 1. The lowest BCUT2D eigenvalue weighted by Gasteiger charge is -2.34. The van der Waals surface area contributed by atoms with E-state index in [0.29, 0.717) is 0 Å². The lowest BCUT2D eigenvalue weighted by atomic mass is 10.2. The molecule has 1 aliphatic rings. The van der Waals surface area contributed by atoms with E-state index in [9.17, 15) is 18.0 Å². The van der Waals surface area contributed by atoms with Crippen molar-refractivity contribution in [2.45, 2.75) is 37.9 Å². The molecule has 1 saturated heterocycles. The molecule has 0 saturated carbocycles. The molecule has 9 heteroatoms. The Kier molecular flexibility index (Phi) is 5.58. The van der Waals surface area contributed by atoms with Gasteiger partial charge in [0, 0.05) is 25.6 Å². The number of hydrogen-bond donors (Lipinski definition) is 2. The van der Waals surface area contributed by atoms with Crippen molar-refractivity contribution in [3.63, 3.8) is 0 Å². The highest BCUT2D eigenvalue weighted by Gasteiger charge is 2.32. The maximum Gasteiger partial charge on any atom is 0.269 e. The molecule has 8 nitrogen and oxygen atoms in total. The van der Waals surface area contributed by atoms with Crippen molar-refractivity contribution in [3.8, 4) is 0 Å². The van der Waals surface area contributed by atoms with E-state index in [-0.39, 0.29) is 35.8 Å². The van der Waals surface area contributed by atoms with Crippen molar-refractivity contribution in [2.24, 2.45) is 0 Å². The Morgan fingerprint density at radius 3 is 2.12 bits per heavy atom. The van der Waals surface area contributed by atoms with Gasteiger partial charge in [-0.3, -0.25) is 20.4 Å². The number of ether oxygens (including phenoxy) is 1. The quantitative estimate of drug-likeness (QED) is 0.757. The van der Waals surface area contributed by atoms with Crippen LogP contribution in [0.3, 0.4) is 0 Å². The van der Waals surface area contributed by atoms with E-state index in [4.69, 9.17) is 4.74 Å². The number of nitrogens with one attached hydrogen (secondary N) is 2. The van der Waals surface area contributed by atoms with Crippen LogP contribution < -0.4 is 10.9 Å². The van der Waals surface area contributed by atoms with E-state index >= 15 is 0 Å². The molecule has 2 amide bonds. The first-order valence-electron chi connectivity index (χ1n) is 7.52. The van der Waals surface area contributed by atoms with Crippen molar-refractivity contribution in [1.82, 2.24) is 15.2 Å². The molecule has 2 atom stereocenters. The van der Waals surface area contributed by atoms with Crippen LogP contribution in [0.25, 0.3) is 0 Å². The summed E-state index contributed by atoms with van der Waals surface area (Å²) in [5.41, 5.74) is 4.63. The SMILES string of the molecule is CC(=O)NNC(=O)c1ccc(S(=O)(=O)N2C[C@H](C)O[C@@H](C)C2)cc1. The van der Waals surface area contributed by atoms with Crippen LogP contribution in [-0.4, -0.2) is 49.8 Å². The first-order chi connectivity index (χ1) is 11.2. The summed E-state index contributed by atoms with van der Waals surface area (Å²) in [5, 5.41) is 0. The largest absolute Gasteiger partial charge is 0.373 e. The minimum absolute atomic E-state index is 0.111. The average molecular weight is 355 g/mol. The van der Waals surface area contributed by atoms with E-state index in [1.807, 2.05) is 13.8 Å². The highest BCUT2D eigenvalue weighted by atomic mass is 32.2. The highest BCUT2D eigenvalue weighted by Crippen LogP contribution is 2.21. The summed E-state index contributed by atoms with van der Waals surface area (Å²) < 4.78 is 32.3. The number of carbonyl (C=O) groups excluding carboxylic acids is 2. The van der Waals surface area contributed by atoms with Gasteiger partial charge in [0.15, 0.2) is 0 Å². The fourth-order valence-corrected chi connectivity index (χ4v) is 4.06. The Labute approximate surface area is 141 Å². The van der Waals surface area contributed by atoms with Crippen LogP contribution in [0.2, 0.25) is 0 Å². The fourth-order valence-electron chi connectivity index (χ4n) is 2.47.